The molecule has 6 heteroatoms. The van der Waals surface area contributed by atoms with Crippen LogP contribution in [0.3, 0.4) is 0 Å². The molecule has 2 heterocycles. The zero-order chi connectivity index (χ0) is 15.0. The quantitative estimate of drug-likeness (QED) is 0.689. The van der Waals surface area contributed by atoms with Crippen LogP contribution < -0.4 is 5.32 Å². The van der Waals surface area contributed by atoms with Crippen molar-refractivity contribution in [2.24, 2.45) is 5.92 Å². The molecule has 112 valence electrons. The van der Waals surface area contributed by atoms with Gasteiger partial charge in [0.2, 0.25) is 0 Å². The molecule has 3 rings (SSSR count). The highest BCUT2D eigenvalue weighted by Crippen LogP contribution is 2.38. The van der Waals surface area contributed by atoms with Crippen molar-refractivity contribution < 1.29 is 14.4 Å². The van der Waals surface area contributed by atoms with Gasteiger partial charge in [-0.1, -0.05) is 25.8 Å². The second kappa shape index (κ2) is 5.26. The van der Waals surface area contributed by atoms with Crippen molar-refractivity contribution in [2.75, 3.05) is 6.54 Å². The standard InChI is InChI=1S/C15H18N2O3S/c1-10-5-2-3-7-15(10)13(19)17(14(20)16-15)9-11(18)12-6-4-8-21-12/h4,6,8,10H,2-3,5,7,9H2,1H3,(H,16,20)/t10-,15+/m1/s1. The molecule has 2 fully saturated rings. The summed E-state index contributed by atoms with van der Waals surface area (Å²) in [4.78, 5) is 38.7. The molecule has 1 spiro atoms. The maximum absolute atomic E-state index is 12.7. The molecular weight excluding hydrogens is 288 g/mol. The van der Waals surface area contributed by atoms with E-state index < -0.39 is 11.6 Å². The summed E-state index contributed by atoms with van der Waals surface area (Å²) in [7, 11) is 0. The average Bonchev–Trinajstić information content (AvgIpc) is 3.06. The normalized spacial score (nSPS) is 29.0. The molecule has 0 radical (unpaired) electrons. The van der Waals surface area contributed by atoms with Gasteiger partial charge in [-0.2, -0.15) is 0 Å². The first-order chi connectivity index (χ1) is 10.0. The highest BCUT2D eigenvalue weighted by molar-refractivity contribution is 7.12. The molecule has 1 aromatic rings. The number of rotatable bonds is 3. The van der Waals surface area contributed by atoms with Crippen LogP contribution in [0.15, 0.2) is 17.5 Å². The maximum atomic E-state index is 12.7. The molecule has 1 aromatic heterocycles. The summed E-state index contributed by atoms with van der Waals surface area (Å²) in [6.07, 6.45) is 3.62. The molecule has 2 aliphatic rings. The summed E-state index contributed by atoms with van der Waals surface area (Å²) < 4.78 is 0. The molecule has 5 nitrogen and oxygen atoms in total. The SMILES string of the molecule is C[C@@H]1CCCC[C@]12NC(=O)N(CC(=O)c1cccs1)C2=O. The van der Waals surface area contributed by atoms with Crippen LogP contribution >= 0.6 is 11.3 Å². The number of urea groups is 1. The van der Waals surface area contributed by atoms with Gasteiger partial charge in [0.25, 0.3) is 5.91 Å². The number of nitrogens with zero attached hydrogens (tertiary/aromatic N) is 1. The Labute approximate surface area is 127 Å². The minimum atomic E-state index is -0.787. The Morgan fingerprint density at radius 3 is 2.95 bits per heavy atom. The number of thiophene rings is 1. The summed E-state index contributed by atoms with van der Waals surface area (Å²) in [6.45, 7) is 1.83. The van der Waals surface area contributed by atoms with Crippen LogP contribution in [-0.4, -0.2) is 34.7 Å². The number of ketones is 1. The fourth-order valence-corrected chi connectivity index (χ4v) is 3.95. The summed E-state index contributed by atoms with van der Waals surface area (Å²) >= 11 is 1.33. The van der Waals surface area contributed by atoms with Gasteiger partial charge < -0.3 is 5.32 Å². The Bertz CT molecular complexity index is 584. The zero-order valence-corrected chi connectivity index (χ0v) is 12.7. The zero-order valence-electron chi connectivity index (χ0n) is 11.9. The lowest BCUT2D eigenvalue weighted by molar-refractivity contribution is -0.133. The summed E-state index contributed by atoms with van der Waals surface area (Å²) in [6, 6.07) is 3.07. The minimum Gasteiger partial charge on any atom is -0.323 e. The average molecular weight is 306 g/mol. The predicted octanol–water partition coefficient (Wildman–Crippen LogP) is 2.43. The molecule has 1 saturated carbocycles. The lowest BCUT2D eigenvalue weighted by atomic mass is 9.73. The summed E-state index contributed by atoms with van der Waals surface area (Å²) in [5.41, 5.74) is -0.787. The Morgan fingerprint density at radius 2 is 2.29 bits per heavy atom. The number of carbonyl (C=O) groups excluding carboxylic acids is 3. The van der Waals surface area contributed by atoms with Crippen molar-refractivity contribution in [2.45, 2.75) is 38.1 Å². The largest absolute Gasteiger partial charge is 0.325 e. The van der Waals surface area contributed by atoms with Gasteiger partial charge in [-0.15, -0.1) is 11.3 Å². The molecule has 0 aromatic carbocycles. The number of hydrogen-bond acceptors (Lipinski definition) is 4. The Hall–Kier alpha value is -1.69. The van der Waals surface area contributed by atoms with E-state index in [4.69, 9.17) is 0 Å². The van der Waals surface area contributed by atoms with E-state index in [0.717, 1.165) is 24.2 Å². The van der Waals surface area contributed by atoms with Gasteiger partial charge in [0.05, 0.1) is 11.4 Å². The van der Waals surface area contributed by atoms with E-state index in [2.05, 4.69) is 5.32 Å². The highest BCUT2D eigenvalue weighted by Gasteiger charge is 2.55. The van der Waals surface area contributed by atoms with Gasteiger partial charge in [0, 0.05) is 0 Å². The summed E-state index contributed by atoms with van der Waals surface area (Å²) in [5, 5.41) is 4.67. The Kier molecular flexibility index (Phi) is 3.57. The van der Waals surface area contributed by atoms with Crippen molar-refractivity contribution in [3.05, 3.63) is 22.4 Å². The van der Waals surface area contributed by atoms with Crippen LogP contribution in [0.4, 0.5) is 4.79 Å². The third kappa shape index (κ3) is 2.27. The molecule has 0 bridgehead atoms. The van der Waals surface area contributed by atoms with Crippen molar-refractivity contribution in [3.8, 4) is 0 Å². The van der Waals surface area contributed by atoms with Crippen LogP contribution in [0.1, 0.15) is 42.3 Å². The van der Waals surface area contributed by atoms with Crippen molar-refractivity contribution in [1.29, 1.82) is 0 Å². The number of amides is 3. The van der Waals surface area contributed by atoms with Crippen molar-refractivity contribution in [1.82, 2.24) is 10.2 Å². The minimum absolute atomic E-state index is 0.115. The van der Waals surface area contributed by atoms with Crippen LogP contribution in [0.2, 0.25) is 0 Å². The number of imide groups is 1. The summed E-state index contributed by atoms with van der Waals surface area (Å²) in [5.74, 6) is -0.303. The van der Waals surface area contributed by atoms with Crippen LogP contribution in [-0.2, 0) is 4.79 Å². The number of nitrogens with one attached hydrogen (secondary N) is 1. The van der Waals surface area contributed by atoms with E-state index >= 15 is 0 Å². The number of carbonyl (C=O) groups is 3. The first-order valence-corrected chi connectivity index (χ1v) is 8.13. The van der Waals surface area contributed by atoms with Gasteiger partial charge in [0.15, 0.2) is 5.78 Å². The lowest BCUT2D eigenvalue weighted by Gasteiger charge is -2.36. The van der Waals surface area contributed by atoms with Crippen LogP contribution in [0.25, 0.3) is 0 Å². The predicted molar refractivity (Wildman–Crippen MR) is 79.3 cm³/mol. The first-order valence-electron chi connectivity index (χ1n) is 7.25. The monoisotopic (exact) mass is 306 g/mol. The molecule has 2 atom stereocenters. The second-order valence-electron chi connectivity index (χ2n) is 5.84. The van der Waals surface area contributed by atoms with Crippen molar-refractivity contribution in [3.63, 3.8) is 0 Å². The van der Waals surface area contributed by atoms with Gasteiger partial charge in [-0.05, 0) is 30.2 Å². The van der Waals surface area contributed by atoms with E-state index in [1.165, 1.54) is 11.3 Å². The molecule has 0 unspecified atom stereocenters. The van der Waals surface area contributed by atoms with E-state index in [9.17, 15) is 14.4 Å². The van der Waals surface area contributed by atoms with E-state index in [1.54, 1.807) is 12.1 Å². The molecule has 1 aliphatic heterocycles. The molecule has 21 heavy (non-hydrogen) atoms. The fraction of sp³-hybridized carbons (Fsp3) is 0.533. The smallest absolute Gasteiger partial charge is 0.323 e. The van der Waals surface area contributed by atoms with Gasteiger partial charge >= 0.3 is 6.03 Å². The third-order valence-electron chi connectivity index (χ3n) is 4.60. The van der Waals surface area contributed by atoms with E-state index in [0.29, 0.717) is 11.3 Å². The molecule has 1 aliphatic carbocycles. The van der Waals surface area contributed by atoms with Crippen molar-refractivity contribution >= 4 is 29.1 Å². The van der Waals surface area contributed by atoms with E-state index in [-0.39, 0.29) is 24.2 Å². The lowest BCUT2D eigenvalue weighted by Crippen LogP contribution is -2.54. The highest BCUT2D eigenvalue weighted by atomic mass is 32.1. The molecule has 1 N–H and O–H groups in total. The maximum Gasteiger partial charge on any atom is 0.325 e. The van der Waals surface area contributed by atoms with Crippen LogP contribution in [0.5, 0.6) is 0 Å². The molecular formula is C15H18N2O3S. The fourth-order valence-electron chi connectivity index (χ4n) is 3.30. The Balaban J connectivity index is 1.79. The molecule has 1 saturated heterocycles. The van der Waals surface area contributed by atoms with Gasteiger partial charge in [-0.3, -0.25) is 14.5 Å². The van der Waals surface area contributed by atoms with Crippen LogP contribution in [0, 0.1) is 5.92 Å². The number of Topliss-reactive ketones (excluding diaryl/α,β-unsaturated/α-hetero) is 1. The second-order valence-corrected chi connectivity index (χ2v) is 6.79. The topological polar surface area (TPSA) is 66.5 Å². The van der Waals surface area contributed by atoms with Gasteiger partial charge in [0.1, 0.15) is 5.54 Å². The first kappa shape index (κ1) is 14.3. The van der Waals surface area contributed by atoms with E-state index in [1.807, 2.05) is 12.3 Å². The Morgan fingerprint density at radius 1 is 1.48 bits per heavy atom. The number of hydrogen-bond donors (Lipinski definition) is 1. The third-order valence-corrected chi connectivity index (χ3v) is 5.51. The van der Waals surface area contributed by atoms with Gasteiger partial charge in [-0.25, -0.2) is 4.79 Å². The molecule has 3 amide bonds.